The number of nitrogens with one attached hydrogen (secondary N) is 1. The van der Waals surface area contributed by atoms with E-state index in [4.69, 9.17) is 0 Å². The van der Waals surface area contributed by atoms with Crippen LogP contribution in [0.15, 0.2) is 41.8 Å². The standard InChI is InChI=1S/C19H20N2OS/c1-13-5-4-6-14(11-13)20-19(22)17-12-18-16(9-10-23-18)21(17)15-7-2-3-8-15/h4-6,9-12,15H,2-3,7-8H2,1H3,(H,20,22). The number of carbonyl (C=O) groups is 1. The number of aryl methyl sites for hydroxylation is 1. The molecule has 0 unspecified atom stereocenters. The Morgan fingerprint density at radius 3 is 2.83 bits per heavy atom. The van der Waals surface area contributed by atoms with E-state index >= 15 is 0 Å². The fraction of sp³-hybridized carbons (Fsp3) is 0.316. The van der Waals surface area contributed by atoms with Crippen LogP contribution in [0.2, 0.25) is 0 Å². The lowest BCUT2D eigenvalue weighted by atomic mass is 10.2. The third kappa shape index (κ3) is 2.68. The fourth-order valence-corrected chi connectivity index (χ4v) is 4.40. The first-order valence-electron chi connectivity index (χ1n) is 8.19. The van der Waals surface area contributed by atoms with Crippen molar-refractivity contribution in [3.8, 4) is 0 Å². The smallest absolute Gasteiger partial charge is 0.272 e. The molecule has 2 aromatic heterocycles. The predicted octanol–water partition coefficient (Wildman–Crippen LogP) is 5.38. The van der Waals surface area contributed by atoms with Crippen LogP contribution in [-0.2, 0) is 0 Å². The van der Waals surface area contributed by atoms with Crippen LogP contribution < -0.4 is 5.32 Å². The van der Waals surface area contributed by atoms with Crippen molar-refractivity contribution in [2.75, 3.05) is 5.32 Å². The molecule has 4 rings (SSSR count). The monoisotopic (exact) mass is 324 g/mol. The molecule has 1 fully saturated rings. The minimum absolute atomic E-state index is 0.00843. The average Bonchev–Trinajstić information content (AvgIpc) is 3.23. The van der Waals surface area contributed by atoms with Gasteiger partial charge in [-0.1, -0.05) is 25.0 Å². The Morgan fingerprint density at radius 1 is 1.22 bits per heavy atom. The summed E-state index contributed by atoms with van der Waals surface area (Å²) in [6.07, 6.45) is 4.86. The lowest BCUT2D eigenvalue weighted by Gasteiger charge is -2.17. The molecule has 0 atom stereocenters. The minimum Gasteiger partial charge on any atom is -0.333 e. The summed E-state index contributed by atoms with van der Waals surface area (Å²) in [6, 6.07) is 12.6. The Bertz CT molecular complexity index is 855. The second-order valence-corrected chi connectivity index (χ2v) is 7.28. The normalized spacial score (nSPS) is 15.3. The first-order valence-corrected chi connectivity index (χ1v) is 9.07. The predicted molar refractivity (Wildman–Crippen MR) is 96.5 cm³/mol. The number of benzene rings is 1. The van der Waals surface area contributed by atoms with E-state index < -0.39 is 0 Å². The van der Waals surface area contributed by atoms with Crippen LogP contribution in [0.3, 0.4) is 0 Å². The summed E-state index contributed by atoms with van der Waals surface area (Å²) in [5, 5.41) is 5.17. The molecule has 0 bridgehead atoms. The van der Waals surface area contributed by atoms with Crippen LogP contribution in [-0.4, -0.2) is 10.5 Å². The molecule has 0 radical (unpaired) electrons. The van der Waals surface area contributed by atoms with Gasteiger partial charge in [-0.25, -0.2) is 0 Å². The van der Waals surface area contributed by atoms with Crippen LogP contribution >= 0.6 is 11.3 Å². The Hall–Kier alpha value is -2.07. The highest BCUT2D eigenvalue weighted by Gasteiger charge is 2.25. The van der Waals surface area contributed by atoms with Gasteiger partial charge in [0, 0.05) is 11.7 Å². The molecule has 1 aromatic carbocycles. The Morgan fingerprint density at radius 2 is 2.04 bits per heavy atom. The van der Waals surface area contributed by atoms with Crippen molar-refractivity contribution in [1.82, 2.24) is 4.57 Å². The molecule has 0 aliphatic heterocycles. The van der Waals surface area contributed by atoms with Gasteiger partial charge in [0.05, 0.1) is 10.2 Å². The minimum atomic E-state index is -0.00843. The van der Waals surface area contributed by atoms with Crippen molar-refractivity contribution in [3.05, 3.63) is 53.0 Å². The van der Waals surface area contributed by atoms with E-state index in [1.54, 1.807) is 11.3 Å². The molecule has 1 N–H and O–H groups in total. The van der Waals surface area contributed by atoms with Gasteiger partial charge in [-0.05, 0) is 55.0 Å². The number of hydrogen-bond acceptors (Lipinski definition) is 2. The van der Waals surface area contributed by atoms with Gasteiger partial charge in [0.15, 0.2) is 0 Å². The molecular formula is C19H20N2OS. The molecule has 0 saturated heterocycles. The number of fused-ring (bicyclic) bond motifs is 1. The highest BCUT2D eigenvalue weighted by Crippen LogP contribution is 2.36. The zero-order valence-electron chi connectivity index (χ0n) is 13.2. The van der Waals surface area contributed by atoms with Gasteiger partial charge in [0.1, 0.15) is 5.69 Å². The van der Waals surface area contributed by atoms with Crippen molar-refractivity contribution < 1.29 is 4.79 Å². The van der Waals surface area contributed by atoms with Gasteiger partial charge >= 0.3 is 0 Å². The third-order valence-corrected chi connectivity index (χ3v) is 5.51. The summed E-state index contributed by atoms with van der Waals surface area (Å²) in [7, 11) is 0. The number of rotatable bonds is 3. The number of carbonyl (C=O) groups excluding carboxylic acids is 1. The second-order valence-electron chi connectivity index (χ2n) is 6.33. The highest BCUT2D eigenvalue weighted by molar-refractivity contribution is 7.17. The van der Waals surface area contributed by atoms with E-state index in [1.807, 2.05) is 37.3 Å². The second kappa shape index (κ2) is 5.85. The van der Waals surface area contributed by atoms with E-state index in [2.05, 4.69) is 21.3 Å². The van der Waals surface area contributed by atoms with Crippen molar-refractivity contribution >= 4 is 33.1 Å². The molecule has 0 spiro atoms. The summed E-state index contributed by atoms with van der Waals surface area (Å²) < 4.78 is 3.47. The molecule has 23 heavy (non-hydrogen) atoms. The summed E-state index contributed by atoms with van der Waals surface area (Å²) in [6.45, 7) is 2.03. The number of nitrogens with zero attached hydrogens (tertiary/aromatic N) is 1. The highest BCUT2D eigenvalue weighted by atomic mass is 32.1. The Balaban J connectivity index is 1.71. The topological polar surface area (TPSA) is 34.0 Å². The third-order valence-electron chi connectivity index (χ3n) is 4.66. The largest absolute Gasteiger partial charge is 0.333 e. The van der Waals surface area contributed by atoms with Crippen molar-refractivity contribution in [2.45, 2.75) is 38.6 Å². The van der Waals surface area contributed by atoms with E-state index in [0.717, 1.165) is 16.9 Å². The SMILES string of the molecule is Cc1cccc(NC(=O)c2cc3sccc3n2C2CCCC2)c1. The molecule has 3 nitrogen and oxygen atoms in total. The summed E-state index contributed by atoms with van der Waals surface area (Å²) in [5.41, 5.74) is 4.00. The van der Waals surface area contributed by atoms with Gasteiger partial charge in [0.2, 0.25) is 0 Å². The quantitative estimate of drug-likeness (QED) is 0.689. The summed E-state index contributed by atoms with van der Waals surface area (Å²) >= 11 is 1.71. The van der Waals surface area contributed by atoms with Crippen LogP contribution in [0.25, 0.3) is 10.2 Å². The average molecular weight is 324 g/mol. The van der Waals surface area contributed by atoms with Crippen molar-refractivity contribution in [1.29, 1.82) is 0 Å². The number of thiophene rings is 1. The maximum Gasteiger partial charge on any atom is 0.272 e. The zero-order valence-corrected chi connectivity index (χ0v) is 14.0. The van der Waals surface area contributed by atoms with Crippen LogP contribution in [0.5, 0.6) is 0 Å². The van der Waals surface area contributed by atoms with Crippen LogP contribution in [0.1, 0.15) is 47.8 Å². The molecule has 1 amide bonds. The Labute approximate surface area is 139 Å². The van der Waals surface area contributed by atoms with Crippen molar-refractivity contribution in [2.24, 2.45) is 0 Å². The molecule has 3 aromatic rings. The molecular weight excluding hydrogens is 304 g/mol. The number of aromatic nitrogens is 1. The molecule has 1 saturated carbocycles. The Kier molecular flexibility index (Phi) is 3.69. The maximum atomic E-state index is 12.8. The fourth-order valence-electron chi connectivity index (χ4n) is 3.59. The number of anilines is 1. The summed E-state index contributed by atoms with van der Waals surface area (Å²) in [5.74, 6) is -0.00843. The molecule has 1 aliphatic rings. The first-order chi connectivity index (χ1) is 11.2. The molecule has 1 aliphatic carbocycles. The van der Waals surface area contributed by atoms with Gasteiger partial charge in [-0.15, -0.1) is 11.3 Å². The van der Waals surface area contributed by atoms with Crippen molar-refractivity contribution in [3.63, 3.8) is 0 Å². The van der Waals surface area contributed by atoms with Gasteiger partial charge in [0.25, 0.3) is 5.91 Å². The van der Waals surface area contributed by atoms with Gasteiger partial charge in [-0.2, -0.15) is 0 Å². The van der Waals surface area contributed by atoms with Gasteiger partial charge < -0.3 is 9.88 Å². The lowest BCUT2D eigenvalue weighted by Crippen LogP contribution is -2.19. The van der Waals surface area contributed by atoms with Crippen LogP contribution in [0.4, 0.5) is 5.69 Å². The first kappa shape index (κ1) is 14.5. The van der Waals surface area contributed by atoms with E-state index in [9.17, 15) is 4.79 Å². The lowest BCUT2D eigenvalue weighted by molar-refractivity contribution is 0.101. The zero-order chi connectivity index (χ0) is 15.8. The van der Waals surface area contributed by atoms with E-state index in [1.165, 1.54) is 35.9 Å². The molecule has 4 heteroatoms. The molecule has 118 valence electrons. The number of hydrogen-bond donors (Lipinski definition) is 1. The number of amides is 1. The van der Waals surface area contributed by atoms with Gasteiger partial charge in [-0.3, -0.25) is 4.79 Å². The molecule has 2 heterocycles. The van der Waals surface area contributed by atoms with E-state index in [-0.39, 0.29) is 5.91 Å². The van der Waals surface area contributed by atoms with E-state index in [0.29, 0.717) is 6.04 Å². The summed E-state index contributed by atoms with van der Waals surface area (Å²) in [4.78, 5) is 12.8. The van der Waals surface area contributed by atoms with Crippen LogP contribution in [0, 0.1) is 6.92 Å². The maximum absolute atomic E-state index is 12.8.